The zero-order chi connectivity index (χ0) is 28.8. The van der Waals surface area contributed by atoms with Crippen LogP contribution in [0.2, 0.25) is 0 Å². The van der Waals surface area contributed by atoms with Crippen LogP contribution in [0.1, 0.15) is 77.5 Å². The highest BCUT2D eigenvalue weighted by Gasteiger charge is 2.39. The van der Waals surface area contributed by atoms with Gasteiger partial charge < -0.3 is 14.7 Å². The molecule has 3 saturated heterocycles. The van der Waals surface area contributed by atoms with Gasteiger partial charge in [-0.3, -0.25) is 9.88 Å². The van der Waals surface area contributed by atoms with Crippen LogP contribution >= 0.6 is 0 Å². The van der Waals surface area contributed by atoms with Gasteiger partial charge in [0.15, 0.2) is 0 Å². The van der Waals surface area contributed by atoms with E-state index in [0.29, 0.717) is 24.4 Å². The number of piperidine rings is 3. The van der Waals surface area contributed by atoms with E-state index >= 15 is 0 Å². The molecule has 0 radical (unpaired) electrons. The van der Waals surface area contributed by atoms with Gasteiger partial charge in [0.2, 0.25) is 0 Å². The number of benzene rings is 2. The van der Waals surface area contributed by atoms with Crippen molar-refractivity contribution in [1.82, 2.24) is 9.88 Å². The third-order valence-electron chi connectivity index (χ3n) is 9.06. The zero-order valence-electron chi connectivity index (χ0n) is 25.5. The molecule has 0 amide bonds. The Hall–Kier alpha value is -3.05. The molecule has 214 valence electrons. The van der Waals surface area contributed by atoms with E-state index in [2.05, 4.69) is 93.2 Å². The lowest BCUT2D eigenvalue weighted by Crippen LogP contribution is -2.57. The zero-order valence-corrected chi connectivity index (χ0v) is 25.5. The Bertz CT molecular complexity index is 1380. The van der Waals surface area contributed by atoms with Crippen LogP contribution in [0, 0.1) is 5.92 Å². The van der Waals surface area contributed by atoms with Crippen molar-refractivity contribution in [1.29, 1.82) is 0 Å². The van der Waals surface area contributed by atoms with E-state index in [0.717, 1.165) is 52.5 Å². The van der Waals surface area contributed by atoms with Crippen molar-refractivity contribution < 1.29 is 9.84 Å². The summed E-state index contributed by atoms with van der Waals surface area (Å²) in [5.74, 6) is 1.98. The molecule has 6 rings (SSSR count). The Morgan fingerprint density at radius 2 is 1.85 bits per heavy atom. The number of hydrogen-bond donors (Lipinski definition) is 1. The standard InChI is InChI=1S/C35H47N3O2/c1-9-26-16-23-13-15-38(26)27(17-23)22-37(32-12-14-36-31-11-10-28(40-8)20-29(31)32)21-24-18-25(34(2,3)4)19-30(33(24)39)35(5,6)7/h9-12,14,18-20,23,26-27,39H,1,13,15-17,21-22H2,2-8H3/t23-,26-,27+/m0/s1. The molecule has 4 heterocycles. The Kier molecular flexibility index (Phi) is 7.64. The van der Waals surface area contributed by atoms with Crippen molar-refractivity contribution in [2.45, 2.75) is 90.3 Å². The van der Waals surface area contributed by atoms with Crippen molar-refractivity contribution in [2.24, 2.45) is 5.92 Å². The van der Waals surface area contributed by atoms with E-state index in [4.69, 9.17) is 4.74 Å². The second-order valence-electron chi connectivity index (χ2n) is 13.9. The number of hydrogen-bond acceptors (Lipinski definition) is 5. The maximum Gasteiger partial charge on any atom is 0.124 e. The number of phenols is 1. The van der Waals surface area contributed by atoms with Crippen LogP contribution in [0.4, 0.5) is 5.69 Å². The van der Waals surface area contributed by atoms with E-state index in [-0.39, 0.29) is 10.8 Å². The summed E-state index contributed by atoms with van der Waals surface area (Å²) in [6, 6.07) is 13.5. The summed E-state index contributed by atoms with van der Waals surface area (Å²) in [4.78, 5) is 9.81. The molecule has 5 nitrogen and oxygen atoms in total. The topological polar surface area (TPSA) is 48.8 Å². The quantitative estimate of drug-likeness (QED) is 0.312. The lowest BCUT2D eigenvalue weighted by molar-refractivity contribution is 0.0204. The minimum Gasteiger partial charge on any atom is -0.507 e. The van der Waals surface area contributed by atoms with Gasteiger partial charge in [0.05, 0.1) is 12.6 Å². The molecule has 2 bridgehead atoms. The van der Waals surface area contributed by atoms with Crippen LogP contribution in [0.15, 0.2) is 55.3 Å². The van der Waals surface area contributed by atoms with E-state index in [1.807, 2.05) is 18.3 Å². The fourth-order valence-corrected chi connectivity index (χ4v) is 6.73. The van der Waals surface area contributed by atoms with Gasteiger partial charge in [-0.25, -0.2) is 0 Å². The molecule has 1 aromatic heterocycles. The molecule has 4 atom stereocenters. The molecule has 0 unspecified atom stereocenters. The molecule has 3 aliphatic rings. The van der Waals surface area contributed by atoms with Gasteiger partial charge in [0.25, 0.3) is 0 Å². The average molecular weight is 542 g/mol. The first kappa shape index (κ1) is 28.5. The molecule has 1 N–H and O–H groups in total. The van der Waals surface area contributed by atoms with Crippen molar-refractivity contribution in [3.05, 3.63) is 71.9 Å². The average Bonchev–Trinajstić information content (AvgIpc) is 2.92. The molecule has 3 aromatic rings. The molecular weight excluding hydrogens is 494 g/mol. The van der Waals surface area contributed by atoms with E-state index in [9.17, 15) is 5.11 Å². The number of fused-ring (bicyclic) bond motifs is 4. The summed E-state index contributed by atoms with van der Waals surface area (Å²) >= 11 is 0. The fraction of sp³-hybridized carbons (Fsp3) is 0.514. The first-order valence-electron chi connectivity index (χ1n) is 14.8. The summed E-state index contributed by atoms with van der Waals surface area (Å²) in [6.07, 6.45) is 7.75. The summed E-state index contributed by atoms with van der Waals surface area (Å²) in [6.45, 7) is 20.1. The Balaban J connectivity index is 1.63. The van der Waals surface area contributed by atoms with Gasteiger partial charge in [-0.2, -0.15) is 0 Å². The number of rotatable bonds is 7. The van der Waals surface area contributed by atoms with E-state index < -0.39 is 0 Å². The first-order chi connectivity index (χ1) is 18.9. The van der Waals surface area contributed by atoms with Gasteiger partial charge in [-0.05, 0) is 84.0 Å². The van der Waals surface area contributed by atoms with Gasteiger partial charge >= 0.3 is 0 Å². The summed E-state index contributed by atoms with van der Waals surface area (Å²) in [5.41, 5.74) is 5.09. The van der Waals surface area contributed by atoms with Gasteiger partial charge in [-0.15, -0.1) is 6.58 Å². The molecule has 40 heavy (non-hydrogen) atoms. The summed E-state index contributed by atoms with van der Waals surface area (Å²) in [7, 11) is 1.71. The summed E-state index contributed by atoms with van der Waals surface area (Å²) < 4.78 is 5.61. The number of aromatic hydroxyl groups is 1. The number of nitrogens with zero attached hydrogens (tertiary/aromatic N) is 3. The number of pyridine rings is 1. The molecule has 0 spiro atoms. The van der Waals surface area contributed by atoms with Crippen molar-refractivity contribution in [3.63, 3.8) is 0 Å². The highest BCUT2D eigenvalue weighted by Crippen LogP contribution is 2.41. The molecule has 3 aliphatic heterocycles. The Labute approximate surface area is 240 Å². The SMILES string of the molecule is C=C[C@H]1C[C@@H]2CC[N@@]1[C@@H](CN(Cc1cc(C(C)(C)C)cc(C(C)(C)C)c1O)c1ccnc3ccc(OC)cc13)C2. The lowest BCUT2D eigenvalue weighted by Gasteiger charge is -2.51. The number of anilines is 1. The van der Waals surface area contributed by atoms with Crippen LogP contribution in [-0.2, 0) is 17.4 Å². The Morgan fingerprint density at radius 3 is 2.50 bits per heavy atom. The normalized spacial score (nSPS) is 22.9. The van der Waals surface area contributed by atoms with Crippen LogP contribution in [0.3, 0.4) is 0 Å². The summed E-state index contributed by atoms with van der Waals surface area (Å²) in [5, 5.41) is 12.8. The molecule has 3 fully saturated rings. The third kappa shape index (κ3) is 5.58. The molecule has 0 aliphatic carbocycles. The Morgan fingerprint density at radius 1 is 1.07 bits per heavy atom. The largest absolute Gasteiger partial charge is 0.507 e. The van der Waals surface area contributed by atoms with Crippen molar-refractivity contribution in [2.75, 3.05) is 25.1 Å². The van der Waals surface area contributed by atoms with Gasteiger partial charge in [0.1, 0.15) is 11.5 Å². The number of ether oxygens (including phenoxy) is 1. The van der Waals surface area contributed by atoms with Crippen molar-refractivity contribution in [3.8, 4) is 11.5 Å². The fourth-order valence-electron chi connectivity index (χ4n) is 6.73. The number of phenolic OH excluding ortho intramolecular Hbond substituents is 1. The van der Waals surface area contributed by atoms with E-state index in [1.165, 1.54) is 24.8 Å². The van der Waals surface area contributed by atoms with Crippen LogP contribution in [0.25, 0.3) is 10.9 Å². The molecule has 2 aromatic carbocycles. The smallest absolute Gasteiger partial charge is 0.124 e. The van der Waals surface area contributed by atoms with Gasteiger partial charge in [-0.1, -0.05) is 53.7 Å². The number of methoxy groups -OCH3 is 1. The predicted octanol–water partition coefficient (Wildman–Crippen LogP) is 7.59. The minimum absolute atomic E-state index is 0.0323. The molecular formula is C35H47N3O2. The number of aromatic nitrogens is 1. The second kappa shape index (κ2) is 10.7. The highest BCUT2D eigenvalue weighted by atomic mass is 16.5. The van der Waals surface area contributed by atoms with E-state index in [1.54, 1.807) is 7.11 Å². The molecule has 0 saturated carbocycles. The van der Waals surface area contributed by atoms with Crippen LogP contribution < -0.4 is 9.64 Å². The van der Waals surface area contributed by atoms with Crippen molar-refractivity contribution >= 4 is 16.6 Å². The maximum atomic E-state index is 11.7. The van der Waals surface area contributed by atoms with Gasteiger partial charge in [0, 0.05) is 48.0 Å². The maximum absolute atomic E-state index is 11.7. The lowest BCUT2D eigenvalue weighted by atomic mass is 9.78. The molecule has 5 heteroatoms. The third-order valence-corrected chi connectivity index (χ3v) is 9.06. The van der Waals surface area contributed by atoms with Crippen LogP contribution in [-0.4, -0.2) is 47.3 Å². The minimum atomic E-state index is -0.174. The second-order valence-corrected chi connectivity index (χ2v) is 13.9. The first-order valence-corrected chi connectivity index (χ1v) is 14.8. The monoisotopic (exact) mass is 541 g/mol. The van der Waals surface area contributed by atoms with Crippen LogP contribution in [0.5, 0.6) is 11.5 Å². The highest BCUT2D eigenvalue weighted by molar-refractivity contribution is 5.92. The predicted molar refractivity (Wildman–Crippen MR) is 167 cm³/mol.